The Kier molecular flexibility index (Phi) is 5.54. The van der Waals surface area contributed by atoms with Gasteiger partial charge in [0.05, 0.1) is 19.4 Å². The highest BCUT2D eigenvalue weighted by atomic mass is 32.1. The molecule has 3 heterocycles. The van der Waals surface area contributed by atoms with Crippen LogP contribution in [0.2, 0.25) is 0 Å². The van der Waals surface area contributed by atoms with Gasteiger partial charge in [-0.25, -0.2) is 9.97 Å². The Morgan fingerprint density at radius 2 is 1.80 bits per heavy atom. The van der Waals surface area contributed by atoms with E-state index in [1.54, 1.807) is 12.5 Å². The van der Waals surface area contributed by atoms with Gasteiger partial charge in [0.1, 0.15) is 12.0 Å². The van der Waals surface area contributed by atoms with Crippen molar-refractivity contribution in [2.24, 2.45) is 0 Å². The summed E-state index contributed by atoms with van der Waals surface area (Å²) in [6.07, 6.45) is 8.00. The van der Waals surface area contributed by atoms with Crippen molar-refractivity contribution < 1.29 is 9.47 Å². The molecular weight excluding hydrogens is 398 g/mol. The fourth-order valence-electron chi connectivity index (χ4n) is 4.63. The van der Waals surface area contributed by atoms with Crippen LogP contribution in [-0.4, -0.2) is 53.2 Å². The van der Waals surface area contributed by atoms with Crippen molar-refractivity contribution >= 4 is 28.8 Å². The topological polar surface area (TPSA) is 71.5 Å². The second-order valence-corrected chi connectivity index (χ2v) is 8.59. The third kappa shape index (κ3) is 4.12. The fourth-order valence-corrected chi connectivity index (χ4v) is 4.91. The number of hydrogen-bond donors (Lipinski definition) is 2. The first-order chi connectivity index (χ1) is 14.7. The molecule has 2 N–H and O–H groups in total. The Labute approximate surface area is 182 Å². The number of hydrogen-bond acceptors (Lipinski definition) is 6. The number of nitrogens with one attached hydrogen (secondary N) is 2. The number of aromatic nitrogens is 2. The minimum absolute atomic E-state index is 0.311. The number of benzene rings is 1. The molecule has 2 fully saturated rings. The molecule has 158 valence electrons. The zero-order chi connectivity index (χ0) is 20.4. The zero-order valence-electron chi connectivity index (χ0n) is 17.0. The highest BCUT2D eigenvalue weighted by molar-refractivity contribution is 7.80. The lowest BCUT2D eigenvalue weighted by Crippen LogP contribution is -2.50. The monoisotopic (exact) mass is 425 g/mol. The minimum atomic E-state index is -0.413. The molecule has 8 heteroatoms. The minimum Gasteiger partial charge on any atom is -0.359 e. The van der Waals surface area contributed by atoms with Crippen LogP contribution < -0.4 is 15.5 Å². The molecule has 30 heavy (non-hydrogen) atoms. The molecule has 1 spiro atoms. The molecule has 1 aromatic carbocycles. The second-order valence-electron chi connectivity index (χ2n) is 8.18. The Morgan fingerprint density at radius 3 is 2.50 bits per heavy atom. The third-order valence-corrected chi connectivity index (χ3v) is 6.39. The summed E-state index contributed by atoms with van der Waals surface area (Å²) in [5, 5.41) is 7.39. The van der Waals surface area contributed by atoms with E-state index in [1.165, 1.54) is 11.1 Å². The molecular formula is C22H27N5O2S. The van der Waals surface area contributed by atoms with Crippen molar-refractivity contribution in [3.8, 4) is 0 Å². The number of thiocarbonyl (C=S) groups is 1. The van der Waals surface area contributed by atoms with E-state index in [9.17, 15) is 0 Å². The van der Waals surface area contributed by atoms with E-state index in [0.29, 0.717) is 11.2 Å². The Bertz CT molecular complexity index is 883. The van der Waals surface area contributed by atoms with Crippen LogP contribution in [-0.2, 0) is 22.3 Å². The van der Waals surface area contributed by atoms with Gasteiger partial charge in [-0.3, -0.25) is 0 Å². The van der Waals surface area contributed by atoms with E-state index in [1.807, 2.05) is 0 Å². The van der Waals surface area contributed by atoms with Crippen LogP contribution >= 0.6 is 12.2 Å². The zero-order valence-corrected chi connectivity index (χ0v) is 17.8. The van der Waals surface area contributed by atoms with E-state index in [-0.39, 0.29) is 0 Å². The van der Waals surface area contributed by atoms with Gasteiger partial charge in [0.25, 0.3) is 0 Å². The summed E-state index contributed by atoms with van der Waals surface area (Å²) in [6, 6.07) is 8.89. The normalized spacial score (nSPS) is 20.7. The molecule has 0 unspecified atom stereocenters. The summed E-state index contributed by atoms with van der Waals surface area (Å²) in [6.45, 7) is 3.21. The third-order valence-electron chi connectivity index (χ3n) is 6.17. The summed E-state index contributed by atoms with van der Waals surface area (Å²) < 4.78 is 11.9. The number of anilines is 2. The van der Waals surface area contributed by atoms with Crippen molar-refractivity contribution in [2.75, 3.05) is 36.5 Å². The van der Waals surface area contributed by atoms with Crippen LogP contribution in [0.3, 0.4) is 0 Å². The van der Waals surface area contributed by atoms with Gasteiger partial charge in [0, 0.05) is 32.0 Å². The van der Waals surface area contributed by atoms with Gasteiger partial charge in [-0.15, -0.1) is 0 Å². The van der Waals surface area contributed by atoms with Crippen molar-refractivity contribution in [1.82, 2.24) is 15.3 Å². The molecule has 0 saturated carbocycles. The summed E-state index contributed by atoms with van der Waals surface area (Å²) in [5.74, 6) is 0.457. The number of ether oxygens (including phenoxy) is 2. The lowest BCUT2D eigenvalue weighted by atomic mass is 10.0. The summed E-state index contributed by atoms with van der Waals surface area (Å²) in [4.78, 5) is 11.0. The average molecular weight is 426 g/mol. The number of rotatable bonds is 3. The molecule has 2 aliphatic heterocycles. The van der Waals surface area contributed by atoms with Crippen LogP contribution in [0.4, 0.5) is 11.5 Å². The smallest absolute Gasteiger partial charge is 0.171 e. The number of fused-ring (bicyclic) bond motifs is 1. The molecule has 2 aromatic rings. The standard InChI is InChI=1S/C22H27N5O2S/c30-21(25-18-12-16-4-1-2-5-17(16)13-18)26-19-14-23-15-24-20(19)27-8-6-22(7-9-27)28-10-3-11-29-22/h1-2,4-5,14-15,18H,3,6-13H2,(H2,25,26,30). The predicted molar refractivity (Wildman–Crippen MR) is 120 cm³/mol. The first kappa shape index (κ1) is 19.7. The molecule has 3 aliphatic rings. The average Bonchev–Trinajstić information content (AvgIpc) is 3.17. The van der Waals surface area contributed by atoms with Crippen LogP contribution in [0.1, 0.15) is 30.4 Å². The van der Waals surface area contributed by atoms with E-state index >= 15 is 0 Å². The second kappa shape index (κ2) is 8.45. The molecule has 1 aromatic heterocycles. The van der Waals surface area contributed by atoms with Gasteiger partial charge in [-0.05, 0) is 42.6 Å². The van der Waals surface area contributed by atoms with E-state index in [2.05, 4.69) is 49.8 Å². The molecule has 7 nitrogen and oxygen atoms in total. The van der Waals surface area contributed by atoms with E-state index in [4.69, 9.17) is 21.7 Å². The Hall–Kier alpha value is -2.29. The maximum Gasteiger partial charge on any atom is 0.171 e. The highest BCUT2D eigenvalue weighted by Crippen LogP contribution is 2.34. The molecule has 1 aliphatic carbocycles. The molecule has 0 amide bonds. The molecule has 0 radical (unpaired) electrons. The highest BCUT2D eigenvalue weighted by Gasteiger charge is 2.39. The van der Waals surface area contributed by atoms with Crippen molar-refractivity contribution in [2.45, 2.75) is 43.9 Å². The van der Waals surface area contributed by atoms with Gasteiger partial charge >= 0.3 is 0 Å². The predicted octanol–water partition coefficient (Wildman–Crippen LogP) is 2.66. The quantitative estimate of drug-likeness (QED) is 0.728. The van der Waals surface area contributed by atoms with Crippen LogP contribution in [0.5, 0.6) is 0 Å². The Balaban J connectivity index is 1.21. The molecule has 0 bridgehead atoms. The lowest BCUT2D eigenvalue weighted by molar-refractivity contribution is -0.275. The maximum absolute atomic E-state index is 5.96. The van der Waals surface area contributed by atoms with E-state index in [0.717, 1.165) is 69.9 Å². The van der Waals surface area contributed by atoms with Gasteiger partial charge in [0.2, 0.25) is 0 Å². The number of nitrogens with zero attached hydrogens (tertiary/aromatic N) is 3. The van der Waals surface area contributed by atoms with E-state index < -0.39 is 5.79 Å². The lowest BCUT2D eigenvalue weighted by Gasteiger charge is -2.43. The Morgan fingerprint density at radius 1 is 1.10 bits per heavy atom. The molecule has 5 rings (SSSR count). The molecule has 2 saturated heterocycles. The van der Waals surface area contributed by atoms with Crippen LogP contribution in [0, 0.1) is 0 Å². The summed E-state index contributed by atoms with van der Waals surface area (Å²) in [5.41, 5.74) is 3.62. The van der Waals surface area contributed by atoms with Crippen molar-refractivity contribution in [3.63, 3.8) is 0 Å². The van der Waals surface area contributed by atoms with Crippen LogP contribution in [0.15, 0.2) is 36.8 Å². The first-order valence-corrected chi connectivity index (χ1v) is 11.1. The summed E-state index contributed by atoms with van der Waals surface area (Å²) in [7, 11) is 0. The largest absolute Gasteiger partial charge is 0.359 e. The molecule has 0 atom stereocenters. The maximum atomic E-state index is 5.96. The van der Waals surface area contributed by atoms with Crippen molar-refractivity contribution in [1.29, 1.82) is 0 Å². The van der Waals surface area contributed by atoms with Gasteiger partial charge in [-0.2, -0.15) is 0 Å². The van der Waals surface area contributed by atoms with Crippen LogP contribution in [0.25, 0.3) is 0 Å². The van der Waals surface area contributed by atoms with Gasteiger partial charge in [-0.1, -0.05) is 24.3 Å². The van der Waals surface area contributed by atoms with Gasteiger partial charge < -0.3 is 25.0 Å². The van der Waals surface area contributed by atoms with Gasteiger partial charge in [0.15, 0.2) is 16.7 Å². The first-order valence-electron chi connectivity index (χ1n) is 10.7. The SMILES string of the molecule is S=C(Nc1cncnc1N1CCC2(CC1)OCCCO2)NC1Cc2ccccc2C1. The number of piperidine rings is 1. The van der Waals surface area contributed by atoms with Crippen molar-refractivity contribution in [3.05, 3.63) is 47.9 Å². The fraction of sp³-hybridized carbons (Fsp3) is 0.500. The summed E-state index contributed by atoms with van der Waals surface area (Å²) >= 11 is 5.61.